The van der Waals surface area contributed by atoms with Crippen LogP contribution >= 0.6 is 0 Å². The smallest absolute Gasteiger partial charge is 0.212 e. The van der Waals surface area contributed by atoms with Crippen molar-refractivity contribution in [1.82, 2.24) is 0 Å². The number of halogens is 6. The van der Waals surface area contributed by atoms with Gasteiger partial charge in [0.15, 0.2) is 23.3 Å². The molecule has 0 spiro atoms. The van der Waals surface area contributed by atoms with Crippen molar-refractivity contribution in [2.75, 3.05) is 0 Å². The Bertz CT molecular complexity index is 680. The van der Waals surface area contributed by atoms with E-state index in [1.165, 1.54) is 0 Å². The van der Waals surface area contributed by atoms with Crippen molar-refractivity contribution in [1.29, 1.82) is 0 Å². The average molecular weight is 292 g/mol. The van der Waals surface area contributed by atoms with Crippen LogP contribution in [0, 0.1) is 34.9 Å². The summed E-state index contributed by atoms with van der Waals surface area (Å²) in [4.78, 5) is 0. The maximum Gasteiger partial charge on any atom is 0.212 e. The van der Waals surface area contributed by atoms with Crippen LogP contribution in [-0.4, -0.2) is 0 Å². The fourth-order valence-corrected chi connectivity index (χ4v) is 1.69. The molecule has 8 heteroatoms. The molecule has 1 aliphatic heterocycles. The molecule has 0 unspecified atom stereocenters. The van der Waals surface area contributed by atoms with Crippen LogP contribution in [0.2, 0.25) is 0 Å². The fraction of sp³-hybridized carbons (Fsp3) is 0. The molecule has 0 amide bonds. The molecule has 2 aromatic rings. The second-order valence-electron chi connectivity index (χ2n) is 3.83. The zero-order valence-corrected chi connectivity index (χ0v) is 9.24. The molecule has 0 aliphatic carbocycles. The van der Waals surface area contributed by atoms with E-state index in [9.17, 15) is 26.3 Å². The first-order valence-electron chi connectivity index (χ1n) is 5.11. The molecule has 20 heavy (non-hydrogen) atoms. The molecular weight excluding hydrogens is 290 g/mol. The summed E-state index contributed by atoms with van der Waals surface area (Å²) in [6, 6.07) is 0.270. The van der Waals surface area contributed by atoms with Gasteiger partial charge in [-0.05, 0) is 0 Å². The van der Waals surface area contributed by atoms with Gasteiger partial charge >= 0.3 is 0 Å². The van der Waals surface area contributed by atoms with Crippen molar-refractivity contribution in [3.63, 3.8) is 0 Å². The number of hydrogen-bond acceptors (Lipinski definition) is 2. The largest absolute Gasteiger partial charge is 0.443 e. The van der Waals surface area contributed by atoms with Crippen molar-refractivity contribution >= 4 is 0 Å². The molecule has 0 saturated heterocycles. The van der Waals surface area contributed by atoms with E-state index >= 15 is 0 Å². The maximum absolute atomic E-state index is 13.4. The third-order valence-corrected chi connectivity index (χ3v) is 2.58. The molecule has 0 saturated carbocycles. The topological polar surface area (TPSA) is 18.5 Å². The van der Waals surface area contributed by atoms with E-state index in [0.717, 1.165) is 0 Å². The Labute approximate surface area is 107 Å². The summed E-state index contributed by atoms with van der Waals surface area (Å²) >= 11 is 0. The lowest BCUT2D eigenvalue weighted by atomic mass is 10.2. The molecule has 0 aromatic heterocycles. The minimum Gasteiger partial charge on any atom is -0.443 e. The van der Waals surface area contributed by atoms with Gasteiger partial charge in [-0.1, -0.05) is 0 Å². The summed E-state index contributed by atoms with van der Waals surface area (Å²) in [7, 11) is 0. The standard InChI is InChI=1S/C12H2F6O2/c13-3-1-5(15)9-11(7(3)17)20-10-6(16)2-4(14)8(18)12(10)19-9/h1-2H. The molecule has 0 N–H and O–H groups in total. The van der Waals surface area contributed by atoms with E-state index in [4.69, 9.17) is 0 Å². The van der Waals surface area contributed by atoms with E-state index in [0.29, 0.717) is 0 Å². The van der Waals surface area contributed by atoms with E-state index in [2.05, 4.69) is 9.47 Å². The van der Waals surface area contributed by atoms with E-state index in [1.807, 2.05) is 0 Å². The Morgan fingerprint density at radius 2 is 0.850 bits per heavy atom. The van der Waals surface area contributed by atoms with Gasteiger partial charge in [-0.25, -0.2) is 17.6 Å². The van der Waals surface area contributed by atoms with Crippen LogP contribution in [0.5, 0.6) is 23.0 Å². The number of benzene rings is 2. The van der Waals surface area contributed by atoms with Crippen molar-refractivity contribution < 1.29 is 35.8 Å². The Kier molecular flexibility index (Phi) is 2.56. The predicted molar refractivity (Wildman–Crippen MR) is 52.8 cm³/mol. The minimum absolute atomic E-state index is 0.135. The molecule has 1 heterocycles. The lowest BCUT2D eigenvalue weighted by Crippen LogP contribution is -2.08. The highest BCUT2D eigenvalue weighted by molar-refractivity contribution is 5.56. The SMILES string of the molecule is Fc1cc(F)c2c(c1F)Oc1c(F)cc(F)c(F)c1O2. The number of rotatable bonds is 0. The molecule has 0 radical (unpaired) electrons. The highest BCUT2D eigenvalue weighted by atomic mass is 19.2. The Morgan fingerprint density at radius 3 is 1.20 bits per heavy atom. The summed E-state index contributed by atoms with van der Waals surface area (Å²) in [5.41, 5.74) is 0. The Morgan fingerprint density at radius 1 is 0.500 bits per heavy atom. The third kappa shape index (κ3) is 1.60. The second kappa shape index (κ2) is 4.06. The van der Waals surface area contributed by atoms with Gasteiger partial charge in [-0.2, -0.15) is 8.78 Å². The third-order valence-electron chi connectivity index (χ3n) is 2.58. The van der Waals surface area contributed by atoms with Gasteiger partial charge in [0.1, 0.15) is 0 Å². The minimum atomic E-state index is -1.64. The van der Waals surface area contributed by atoms with Crippen molar-refractivity contribution in [2.24, 2.45) is 0 Å². The summed E-state index contributed by atoms with van der Waals surface area (Å²) in [6.45, 7) is 0. The average Bonchev–Trinajstić information content (AvgIpc) is 2.41. The fourth-order valence-electron chi connectivity index (χ4n) is 1.69. The molecule has 104 valence electrons. The van der Waals surface area contributed by atoms with Crippen molar-refractivity contribution in [3.05, 3.63) is 47.0 Å². The zero-order valence-electron chi connectivity index (χ0n) is 9.24. The summed E-state index contributed by atoms with van der Waals surface area (Å²) in [5, 5.41) is 0. The normalized spacial score (nSPS) is 12.3. The van der Waals surface area contributed by atoms with Crippen LogP contribution in [0.1, 0.15) is 0 Å². The van der Waals surface area contributed by atoms with E-state index in [1.54, 1.807) is 0 Å². The van der Waals surface area contributed by atoms with Crippen LogP contribution in [0.4, 0.5) is 26.3 Å². The van der Waals surface area contributed by atoms with Crippen molar-refractivity contribution in [2.45, 2.75) is 0 Å². The molecular formula is C12H2F6O2. The van der Waals surface area contributed by atoms with Crippen LogP contribution in [0.15, 0.2) is 12.1 Å². The van der Waals surface area contributed by atoms with Gasteiger partial charge in [0.25, 0.3) is 0 Å². The highest BCUT2D eigenvalue weighted by Crippen LogP contribution is 2.50. The summed E-state index contributed by atoms with van der Waals surface area (Å²) < 4.78 is 88.9. The molecule has 3 rings (SSSR count). The second-order valence-corrected chi connectivity index (χ2v) is 3.83. The van der Waals surface area contributed by atoms with Crippen LogP contribution in [0.3, 0.4) is 0 Å². The van der Waals surface area contributed by atoms with Gasteiger partial charge < -0.3 is 9.47 Å². The quantitative estimate of drug-likeness (QED) is 0.451. The predicted octanol–water partition coefficient (Wildman–Crippen LogP) is 4.42. The highest BCUT2D eigenvalue weighted by Gasteiger charge is 2.33. The first-order chi connectivity index (χ1) is 9.40. The van der Waals surface area contributed by atoms with Gasteiger partial charge in [-0.15, -0.1) is 0 Å². The molecule has 2 nitrogen and oxygen atoms in total. The molecule has 1 aliphatic rings. The Balaban J connectivity index is 2.27. The zero-order chi connectivity index (χ0) is 14.6. The number of hydrogen-bond donors (Lipinski definition) is 0. The summed E-state index contributed by atoms with van der Waals surface area (Å²) in [5.74, 6) is -13.5. The molecule has 2 aromatic carbocycles. The van der Waals surface area contributed by atoms with Crippen LogP contribution < -0.4 is 9.47 Å². The maximum atomic E-state index is 13.4. The molecule has 0 atom stereocenters. The first kappa shape index (κ1) is 12.6. The van der Waals surface area contributed by atoms with Gasteiger partial charge in [0.05, 0.1) is 0 Å². The Hall–Kier alpha value is -2.38. The van der Waals surface area contributed by atoms with Gasteiger partial charge in [0, 0.05) is 12.1 Å². The van der Waals surface area contributed by atoms with E-state index in [-0.39, 0.29) is 12.1 Å². The molecule has 0 bridgehead atoms. The van der Waals surface area contributed by atoms with Crippen molar-refractivity contribution in [3.8, 4) is 23.0 Å². The lowest BCUT2D eigenvalue weighted by Gasteiger charge is -2.22. The molecule has 0 fully saturated rings. The number of fused-ring (bicyclic) bond motifs is 2. The lowest BCUT2D eigenvalue weighted by molar-refractivity contribution is 0.287. The van der Waals surface area contributed by atoms with Gasteiger partial charge in [-0.3, -0.25) is 0 Å². The van der Waals surface area contributed by atoms with Crippen LogP contribution in [0.25, 0.3) is 0 Å². The number of ether oxygens (including phenoxy) is 2. The summed E-state index contributed by atoms with van der Waals surface area (Å²) in [6.07, 6.45) is 0. The van der Waals surface area contributed by atoms with E-state index < -0.39 is 57.9 Å². The van der Waals surface area contributed by atoms with Crippen LogP contribution in [-0.2, 0) is 0 Å². The van der Waals surface area contributed by atoms with Gasteiger partial charge in [0.2, 0.25) is 34.6 Å². The monoisotopic (exact) mass is 292 g/mol. The first-order valence-corrected chi connectivity index (χ1v) is 5.11.